The van der Waals surface area contributed by atoms with Crippen molar-refractivity contribution in [3.63, 3.8) is 0 Å². The van der Waals surface area contributed by atoms with Crippen LogP contribution in [0.1, 0.15) is 18.5 Å². The fraction of sp³-hybridized carbons (Fsp3) is 0.412. The molecule has 0 saturated carbocycles. The van der Waals surface area contributed by atoms with E-state index >= 15 is 0 Å². The summed E-state index contributed by atoms with van der Waals surface area (Å²) in [5.41, 5.74) is 0.860. The number of rotatable bonds is 4. The third kappa shape index (κ3) is 2.32. The average Bonchev–Trinajstić information content (AvgIpc) is 3.28. The lowest BCUT2D eigenvalue weighted by atomic mass is 9.82. The van der Waals surface area contributed by atoms with E-state index in [2.05, 4.69) is 5.32 Å². The van der Waals surface area contributed by atoms with Crippen molar-refractivity contribution in [2.75, 3.05) is 6.79 Å². The van der Waals surface area contributed by atoms with Crippen LogP contribution < -0.4 is 14.8 Å². The fourth-order valence-electron chi connectivity index (χ4n) is 3.49. The number of carbonyl (C=O) groups excluding carboxylic acids is 1. The van der Waals surface area contributed by atoms with Crippen LogP contribution in [0.25, 0.3) is 0 Å². The quantitative estimate of drug-likeness (QED) is 0.807. The molecule has 2 N–H and O–H groups in total. The first-order valence-electron chi connectivity index (χ1n) is 7.81. The number of ether oxygens (including phenoxy) is 3. The molecule has 0 unspecified atom stereocenters. The van der Waals surface area contributed by atoms with E-state index in [0.717, 1.165) is 5.56 Å². The van der Waals surface area contributed by atoms with Gasteiger partial charge in [0.25, 0.3) is 0 Å². The maximum absolute atomic E-state index is 12.6. The third-order valence-corrected chi connectivity index (χ3v) is 4.74. The largest absolute Gasteiger partial charge is 0.481 e. The highest BCUT2D eigenvalue weighted by Crippen LogP contribution is 2.40. The van der Waals surface area contributed by atoms with Gasteiger partial charge in [0.05, 0.1) is 24.2 Å². The van der Waals surface area contributed by atoms with Crippen LogP contribution in [-0.2, 0) is 14.3 Å². The van der Waals surface area contributed by atoms with Crippen LogP contribution in [-0.4, -0.2) is 36.0 Å². The molecule has 0 aromatic heterocycles. The van der Waals surface area contributed by atoms with Gasteiger partial charge in [-0.05, 0) is 24.6 Å². The summed E-state index contributed by atoms with van der Waals surface area (Å²) in [6, 6.07) is 5.18. The summed E-state index contributed by atoms with van der Waals surface area (Å²) in [4.78, 5) is 24.1. The highest BCUT2D eigenvalue weighted by Gasteiger charge is 2.53. The Morgan fingerprint density at radius 2 is 1.88 bits per heavy atom. The highest BCUT2D eigenvalue weighted by atomic mass is 16.7. The zero-order valence-electron chi connectivity index (χ0n) is 13.0. The molecule has 2 bridgehead atoms. The van der Waals surface area contributed by atoms with E-state index in [4.69, 9.17) is 14.2 Å². The molecule has 1 amide bonds. The van der Waals surface area contributed by atoms with Crippen molar-refractivity contribution in [1.29, 1.82) is 0 Å². The molecule has 3 aliphatic heterocycles. The first kappa shape index (κ1) is 15.0. The van der Waals surface area contributed by atoms with Crippen molar-refractivity contribution >= 4 is 11.9 Å². The van der Waals surface area contributed by atoms with Gasteiger partial charge in [-0.25, -0.2) is 0 Å². The van der Waals surface area contributed by atoms with Gasteiger partial charge in [0.2, 0.25) is 12.7 Å². The summed E-state index contributed by atoms with van der Waals surface area (Å²) in [5.74, 6) is -1.57. The first-order valence-corrected chi connectivity index (χ1v) is 7.81. The van der Waals surface area contributed by atoms with Gasteiger partial charge in [0.1, 0.15) is 5.92 Å². The van der Waals surface area contributed by atoms with Gasteiger partial charge in [-0.1, -0.05) is 18.2 Å². The molecule has 126 valence electrons. The van der Waals surface area contributed by atoms with Crippen LogP contribution in [0.3, 0.4) is 0 Å². The Kier molecular flexibility index (Phi) is 3.45. The van der Waals surface area contributed by atoms with Gasteiger partial charge < -0.3 is 24.6 Å². The summed E-state index contributed by atoms with van der Waals surface area (Å²) in [6.45, 7) is 2.03. The SMILES string of the molecule is C[C@H](NC(=O)[C@@H]1[C@@H](C(=O)O)[C@H]2C=C[C@H]1O2)c1ccc2c(c1)OCO2. The zero-order valence-corrected chi connectivity index (χ0v) is 13.0. The Labute approximate surface area is 138 Å². The number of amides is 1. The Balaban J connectivity index is 1.49. The van der Waals surface area contributed by atoms with Crippen LogP contribution in [0, 0.1) is 11.8 Å². The second kappa shape index (κ2) is 5.52. The van der Waals surface area contributed by atoms with Crippen LogP contribution in [0.2, 0.25) is 0 Å². The van der Waals surface area contributed by atoms with E-state index in [0.29, 0.717) is 11.5 Å². The maximum Gasteiger partial charge on any atom is 0.310 e. The number of carboxylic acids is 1. The molecule has 0 spiro atoms. The molecule has 7 nitrogen and oxygen atoms in total. The molecule has 24 heavy (non-hydrogen) atoms. The molecule has 3 heterocycles. The topological polar surface area (TPSA) is 94.1 Å². The van der Waals surface area contributed by atoms with E-state index in [1.54, 1.807) is 18.2 Å². The lowest BCUT2D eigenvalue weighted by Crippen LogP contribution is -2.43. The summed E-state index contributed by atoms with van der Waals surface area (Å²) >= 11 is 0. The van der Waals surface area contributed by atoms with E-state index < -0.39 is 30.0 Å². The highest BCUT2D eigenvalue weighted by molar-refractivity contribution is 5.87. The minimum atomic E-state index is -1.01. The molecule has 4 rings (SSSR count). The number of benzene rings is 1. The number of carbonyl (C=O) groups is 2. The first-order chi connectivity index (χ1) is 11.5. The predicted octanol–water partition coefficient (Wildman–Crippen LogP) is 1.25. The number of carboxylic acid groups (broad SMARTS) is 1. The fourth-order valence-corrected chi connectivity index (χ4v) is 3.49. The van der Waals surface area contributed by atoms with Gasteiger partial charge in [0.15, 0.2) is 11.5 Å². The predicted molar refractivity (Wildman–Crippen MR) is 81.5 cm³/mol. The Morgan fingerprint density at radius 1 is 1.17 bits per heavy atom. The number of fused-ring (bicyclic) bond motifs is 3. The Bertz CT molecular complexity index is 730. The van der Waals surface area contributed by atoms with Crippen molar-refractivity contribution in [3.8, 4) is 11.5 Å². The Hall–Kier alpha value is -2.54. The molecule has 7 heteroatoms. The van der Waals surface area contributed by atoms with Gasteiger partial charge in [-0.15, -0.1) is 0 Å². The zero-order chi connectivity index (χ0) is 16.8. The van der Waals surface area contributed by atoms with Crippen molar-refractivity contribution in [2.24, 2.45) is 11.8 Å². The van der Waals surface area contributed by atoms with E-state index in [1.165, 1.54) is 0 Å². The molecule has 1 fully saturated rings. The summed E-state index contributed by atoms with van der Waals surface area (Å²) in [5, 5.41) is 12.3. The van der Waals surface area contributed by atoms with E-state index in [-0.39, 0.29) is 18.7 Å². The second-order valence-corrected chi connectivity index (χ2v) is 6.18. The normalized spacial score (nSPS) is 30.4. The lowest BCUT2D eigenvalue weighted by molar-refractivity contribution is -0.146. The lowest BCUT2D eigenvalue weighted by Gasteiger charge is -2.23. The minimum Gasteiger partial charge on any atom is -0.481 e. The van der Waals surface area contributed by atoms with Crippen molar-refractivity contribution in [1.82, 2.24) is 5.32 Å². The standard InChI is InChI=1S/C17H17NO6/c1-8(9-2-3-10-13(6-9)23-7-22-10)18-16(19)14-11-4-5-12(24-11)15(14)17(20)21/h2-6,8,11-12,14-15H,7H2,1H3,(H,18,19)(H,20,21)/t8-,11+,12+,14-,15-/m0/s1. The Morgan fingerprint density at radius 3 is 2.62 bits per heavy atom. The molecular weight excluding hydrogens is 314 g/mol. The summed E-state index contributed by atoms with van der Waals surface area (Å²) < 4.78 is 16.1. The van der Waals surface area contributed by atoms with E-state index in [9.17, 15) is 14.7 Å². The molecular formula is C17H17NO6. The van der Waals surface area contributed by atoms with Gasteiger partial charge >= 0.3 is 5.97 Å². The average molecular weight is 331 g/mol. The van der Waals surface area contributed by atoms with Crippen LogP contribution in [0.5, 0.6) is 11.5 Å². The summed E-state index contributed by atoms with van der Waals surface area (Å²) in [7, 11) is 0. The number of hydrogen-bond donors (Lipinski definition) is 2. The molecule has 0 radical (unpaired) electrons. The van der Waals surface area contributed by atoms with Crippen molar-refractivity contribution in [3.05, 3.63) is 35.9 Å². The molecule has 0 aliphatic carbocycles. The van der Waals surface area contributed by atoms with Crippen LogP contribution in [0.4, 0.5) is 0 Å². The number of nitrogens with one attached hydrogen (secondary N) is 1. The van der Waals surface area contributed by atoms with Crippen LogP contribution >= 0.6 is 0 Å². The van der Waals surface area contributed by atoms with Crippen molar-refractivity contribution < 1.29 is 28.9 Å². The monoisotopic (exact) mass is 331 g/mol. The maximum atomic E-state index is 12.6. The van der Waals surface area contributed by atoms with Crippen LogP contribution in [0.15, 0.2) is 30.4 Å². The van der Waals surface area contributed by atoms with E-state index in [1.807, 2.05) is 19.1 Å². The molecule has 1 saturated heterocycles. The second-order valence-electron chi connectivity index (χ2n) is 6.18. The minimum absolute atomic E-state index is 0.189. The molecule has 5 atom stereocenters. The molecule has 1 aromatic carbocycles. The smallest absolute Gasteiger partial charge is 0.310 e. The van der Waals surface area contributed by atoms with Gasteiger partial charge in [-0.3, -0.25) is 9.59 Å². The molecule has 1 aromatic rings. The summed E-state index contributed by atoms with van der Waals surface area (Å²) in [6.07, 6.45) is 2.48. The van der Waals surface area contributed by atoms with Gasteiger partial charge in [-0.2, -0.15) is 0 Å². The molecule has 3 aliphatic rings. The third-order valence-electron chi connectivity index (χ3n) is 4.74. The van der Waals surface area contributed by atoms with Crippen molar-refractivity contribution in [2.45, 2.75) is 25.2 Å². The number of hydrogen-bond acceptors (Lipinski definition) is 5. The number of aliphatic carboxylic acids is 1. The van der Waals surface area contributed by atoms with Gasteiger partial charge in [0, 0.05) is 0 Å².